The van der Waals surface area contributed by atoms with E-state index < -0.39 is 0 Å². The van der Waals surface area contributed by atoms with Crippen LogP contribution in [0, 0.1) is 25.7 Å². The molecule has 0 aromatic carbocycles. The van der Waals surface area contributed by atoms with Gasteiger partial charge in [-0.2, -0.15) is 0 Å². The molecule has 0 saturated heterocycles. The Labute approximate surface area is 180 Å². The van der Waals surface area contributed by atoms with E-state index in [1.54, 1.807) is 0 Å². The van der Waals surface area contributed by atoms with Gasteiger partial charge in [-0.1, -0.05) is 143 Å². The quantitative estimate of drug-likeness (QED) is 0.127. The molecule has 0 N–H and O–H groups in total. The first-order valence-electron chi connectivity index (χ1n) is 13.0. The largest absolute Gasteiger partial charge is 0.0885 e. The molecule has 0 nitrogen and oxygen atoms in total. The summed E-state index contributed by atoms with van der Waals surface area (Å²) in [4.78, 5) is 0. The molecular formula is C28H54. The van der Waals surface area contributed by atoms with Gasteiger partial charge in [0.1, 0.15) is 0 Å². The van der Waals surface area contributed by atoms with E-state index in [9.17, 15) is 0 Å². The summed E-state index contributed by atoms with van der Waals surface area (Å²) in [6, 6.07) is 0. The van der Waals surface area contributed by atoms with Gasteiger partial charge in [-0.25, -0.2) is 0 Å². The Morgan fingerprint density at radius 2 is 1.07 bits per heavy atom. The Morgan fingerprint density at radius 1 is 0.607 bits per heavy atom. The summed E-state index contributed by atoms with van der Waals surface area (Å²) in [5, 5.41) is 0. The molecule has 2 atom stereocenters. The van der Waals surface area contributed by atoms with Crippen molar-refractivity contribution >= 4 is 0 Å². The molecule has 0 aromatic heterocycles. The van der Waals surface area contributed by atoms with Crippen LogP contribution in [0.2, 0.25) is 0 Å². The molecule has 0 aliphatic heterocycles. The van der Waals surface area contributed by atoms with Gasteiger partial charge in [0.15, 0.2) is 0 Å². The third-order valence-corrected chi connectivity index (χ3v) is 6.40. The average molecular weight is 391 g/mol. The maximum absolute atomic E-state index is 4.00. The third-order valence-electron chi connectivity index (χ3n) is 6.40. The molecule has 0 aliphatic carbocycles. The van der Waals surface area contributed by atoms with Crippen LogP contribution < -0.4 is 0 Å². The van der Waals surface area contributed by atoms with E-state index in [4.69, 9.17) is 0 Å². The zero-order valence-electron chi connectivity index (χ0n) is 19.9. The van der Waals surface area contributed by atoms with Crippen LogP contribution in [0.15, 0.2) is 12.2 Å². The van der Waals surface area contributed by atoms with Crippen LogP contribution in [0.4, 0.5) is 0 Å². The van der Waals surface area contributed by atoms with Gasteiger partial charge in [0.25, 0.3) is 0 Å². The predicted molar refractivity (Wildman–Crippen MR) is 131 cm³/mol. The maximum atomic E-state index is 4.00. The highest BCUT2D eigenvalue weighted by atomic mass is 14.1. The van der Waals surface area contributed by atoms with E-state index in [-0.39, 0.29) is 0 Å². The van der Waals surface area contributed by atoms with E-state index >= 15 is 0 Å². The standard InChI is InChI=1S/C28H54/c1-5-8-9-10-11-12-13-14-15-16-19-22-25-28(7-3)26-23-20-17-18-21-24-27(4)6-2/h13-14,27-28H,1-2,5-12,15-26H2,3-4H3. The Morgan fingerprint density at radius 3 is 1.61 bits per heavy atom. The highest BCUT2D eigenvalue weighted by molar-refractivity contribution is 4.81. The first kappa shape index (κ1) is 27.7. The van der Waals surface area contributed by atoms with Gasteiger partial charge in [-0.05, 0) is 37.5 Å². The lowest BCUT2D eigenvalue weighted by Gasteiger charge is -2.14. The summed E-state index contributed by atoms with van der Waals surface area (Å²) < 4.78 is 0. The molecule has 28 heavy (non-hydrogen) atoms. The first-order valence-corrected chi connectivity index (χ1v) is 13.0. The topological polar surface area (TPSA) is 0 Å². The van der Waals surface area contributed by atoms with Crippen molar-refractivity contribution in [1.82, 2.24) is 0 Å². The van der Waals surface area contributed by atoms with Crippen LogP contribution >= 0.6 is 0 Å². The van der Waals surface area contributed by atoms with Crippen LogP contribution in [0.1, 0.15) is 142 Å². The minimum atomic E-state index is 0.827. The molecule has 0 spiro atoms. The molecule has 0 saturated carbocycles. The SMILES string of the molecule is [CH2]CCCCCCC=CCCCCCC(CC)CCCCCCCC(C)C[CH2]. The normalized spacial score (nSPS) is 14.0. The van der Waals surface area contributed by atoms with Crippen molar-refractivity contribution < 1.29 is 0 Å². The van der Waals surface area contributed by atoms with E-state index in [2.05, 4.69) is 39.8 Å². The fraction of sp³-hybridized carbons (Fsp3) is 0.857. The van der Waals surface area contributed by atoms with E-state index in [0.717, 1.165) is 24.7 Å². The number of rotatable bonds is 22. The Kier molecular flexibility index (Phi) is 22.8. The smallest absolute Gasteiger partial charge is 0.0351 e. The van der Waals surface area contributed by atoms with Gasteiger partial charge < -0.3 is 0 Å². The summed E-state index contributed by atoms with van der Waals surface area (Å²) in [5.41, 5.74) is 0. The van der Waals surface area contributed by atoms with Crippen molar-refractivity contribution in [2.75, 3.05) is 0 Å². The van der Waals surface area contributed by atoms with Crippen molar-refractivity contribution in [1.29, 1.82) is 0 Å². The molecule has 0 aromatic rings. The fourth-order valence-electron chi connectivity index (χ4n) is 4.05. The van der Waals surface area contributed by atoms with Gasteiger partial charge in [-0.15, -0.1) is 0 Å². The number of unbranched alkanes of at least 4 members (excludes halogenated alkanes) is 12. The Balaban J connectivity index is 3.39. The van der Waals surface area contributed by atoms with E-state index in [0.29, 0.717) is 0 Å². The monoisotopic (exact) mass is 390 g/mol. The molecule has 0 fully saturated rings. The highest BCUT2D eigenvalue weighted by Crippen LogP contribution is 2.22. The van der Waals surface area contributed by atoms with Crippen molar-refractivity contribution in [2.24, 2.45) is 11.8 Å². The van der Waals surface area contributed by atoms with Gasteiger partial charge in [0.2, 0.25) is 0 Å². The van der Waals surface area contributed by atoms with Crippen molar-refractivity contribution in [2.45, 2.75) is 142 Å². The molecule has 0 amide bonds. The lowest BCUT2D eigenvalue weighted by molar-refractivity contribution is 0.393. The molecule has 2 unspecified atom stereocenters. The van der Waals surface area contributed by atoms with Crippen LogP contribution in [-0.2, 0) is 0 Å². The summed E-state index contributed by atoms with van der Waals surface area (Å²) in [5.74, 6) is 1.81. The van der Waals surface area contributed by atoms with E-state index in [1.165, 1.54) is 116 Å². The van der Waals surface area contributed by atoms with Crippen LogP contribution in [0.5, 0.6) is 0 Å². The molecular weight excluding hydrogens is 336 g/mol. The van der Waals surface area contributed by atoms with Crippen LogP contribution in [0.3, 0.4) is 0 Å². The molecule has 0 aliphatic rings. The van der Waals surface area contributed by atoms with Gasteiger partial charge in [-0.3, -0.25) is 0 Å². The molecule has 0 bridgehead atoms. The molecule has 0 rings (SSSR count). The summed E-state index contributed by atoms with van der Waals surface area (Å²) in [6.07, 6.45) is 32.2. The zero-order valence-corrected chi connectivity index (χ0v) is 19.9. The molecule has 2 radical (unpaired) electrons. The minimum absolute atomic E-state index is 0.827. The van der Waals surface area contributed by atoms with Crippen LogP contribution in [0.25, 0.3) is 0 Å². The second kappa shape index (κ2) is 23.0. The summed E-state index contributed by atoms with van der Waals surface area (Å²) in [7, 11) is 0. The van der Waals surface area contributed by atoms with E-state index in [1.807, 2.05) is 0 Å². The molecule has 166 valence electrons. The van der Waals surface area contributed by atoms with Crippen molar-refractivity contribution in [3.05, 3.63) is 26.0 Å². The lowest BCUT2D eigenvalue weighted by atomic mass is 9.92. The zero-order chi connectivity index (χ0) is 20.7. The van der Waals surface area contributed by atoms with Crippen LogP contribution in [-0.4, -0.2) is 0 Å². The van der Waals surface area contributed by atoms with Gasteiger partial charge in [0.05, 0.1) is 0 Å². The molecule has 0 heteroatoms. The molecule has 0 heterocycles. The third kappa shape index (κ3) is 20.5. The maximum Gasteiger partial charge on any atom is -0.0351 e. The predicted octanol–water partition coefficient (Wildman–Crippen LogP) is 10.3. The lowest BCUT2D eigenvalue weighted by Crippen LogP contribution is -1.99. The van der Waals surface area contributed by atoms with Crippen molar-refractivity contribution in [3.63, 3.8) is 0 Å². The Bertz CT molecular complexity index is 303. The second-order valence-corrected chi connectivity index (χ2v) is 9.18. The average Bonchev–Trinajstić information content (AvgIpc) is 2.71. The number of hydrogen-bond donors (Lipinski definition) is 0. The highest BCUT2D eigenvalue weighted by Gasteiger charge is 2.06. The van der Waals surface area contributed by atoms with Gasteiger partial charge >= 0.3 is 0 Å². The van der Waals surface area contributed by atoms with Crippen molar-refractivity contribution in [3.8, 4) is 0 Å². The Hall–Kier alpha value is -0.260. The number of allylic oxidation sites excluding steroid dienone is 2. The van der Waals surface area contributed by atoms with Gasteiger partial charge in [0, 0.05) is 0 Å². The summed E-state index contributed by atoms with van der Waals surface area (Å²) >= 11 is 0. The minimum Gasteiger partial charge on any atom is -0.0885 e. The summed E-state index contributed by atoms with van der Waals surface area (Å²) in [6.45, 7) is 12.6. The second-order valence-electron chi connectivity index (χ2n) is 9.18. The fourth-order valence-corrected chi connectivity index (χ4v) is 4.05. The first-order chi connectivity index (χ1) is 13.7. The number of hydrogen-bond acceptors (Lipinski definition) is 0.